The van der Waals surface area contributed by atoms with Crippen molar-refractivity contribution < 1.29 is 22.7 Å². The number of halogens is 3. The Hall–Kier alpha value is -2.34. The van der Waals surface area contributed by atoms with Crippen LogP contribution in [0.2, 0.25) is 0 Å². The Kier molecular flexibility index (Phi) is 5.85. The van der Waals surface area contributed by atoms with E-state index in [0.717, 1.165) is 16.8 Å². The van der Waals surface area contributed by atoms with Crippen LogP contribution >= 0.6 is 0 Å². The zero-order valence-electron chi connectivity index (χ0n) is 14.4. The fraction of sp³-hybridized carbons (Fsp3) is 0.316. The molecule has 0 saturated heterocycles. The van der Waals surface area contributed by atoms with Gasteiger partial charge in [-0.25, -0.2) is 0 Å². The van der Waals surface area contributed by atoms with Crippen LogP contribution in [0.5, 0.6) is 0 Å². The molecule has 1 amide bonds. The summed E-state index contributed by atoms with van der Waals surface area (Å²) in [6, 6.07) is 12.2. The number of anilines is 1. The van der Waals surface area contributed by atoms with Crippen LogP contribution in [-0.2, 0) is 11.3 Å². The van der Waals surface area contributed by atoms with E-state index < -0.39 is 12.8 Å². The molecule has 25 heavy (non-hydrogen) atoms. The molecule has 0 spiro atoms. The van der Waals surface area contributed by atoms with E-state index in [0.29, 0.717) is 11.1 Å². The van der Waals surface area contributed by atoms with Crippen LogP contribution in [0.25, 0.3) is 0 Å². The van der Waals surface area contributed by atoms with Gasteiger partial charge in [0.15, 0.2) is 0 Å². The Morgan fingerprint density at radius 1 is 1.04 bits per heavy atom. The molecule has 0 aliphatic heterocycles. The minimum atomic E-state index is -4.34. The highest BCUT2D eigenvalue weighted by Gasteiger charge is 2.27. The van der Waals surface area contributed by atoms with Crippen molar-refractivity contribution in [2.24, 2.45) is 0 Å². The summed E-state index contributed by atoms with van der Waals surface area (Å²) in [6.07, 6.45) is -4.34. The van der Waals surface area contributed by atoms with Crippen molar-refractivity contribution in [3.63, 3.8) is 0 Å². The van der Waals surface area contributed by atoms with Crippen LogP contribution in [0.1, 0.15) is 27.0 Å². The van der Waals surface area contributed by atoms with Gasteiger partial charge >= 0.3 is 6.18 Å². The summed E-state index contributed by atoms with van der Waals surface area (Å²) in [4.78, 5) is 14.1. The van der Waals surface area contributed by atoms with Crippen molar-refractivity contribution in [3.8, 4) is 0 Å². The van der Waals surface area contributed by atoms with E-state index >= 15 is 0 Å². The molecule has 0 aromatic heterocycles. The monoisotopic (exact) mass is 351 g/mol. The van der Waals surface area contributed by atoms with Crippen molar-refractivity contribution in [3.05, 3.63) is 64.7 Å². The minimum Gasteiger partial charge on any atom is -0.367 e. The largest absolute Gasteiger partial charge is 0.411 e. The molecular weight excluding hydrogens is 331 g/mol. The molecule has 2 aromatic rings. The number of nitrogens with zero attached hydrogens (tertiary/aromatic N) is 1. The average Bonchev–Trinajstić information content (AvgIpc) is 2.52. The van der Waals surface area contributed by atoms with Gasteiger partial charge in [0.25, 0.3) is 5.91 Å². The first-order chi connectivity index (χ1) is 11.7. The van der Waals surface area contributed by atoms with E-state index in [-0.39, 0.29) is 12.5 Å². The van der Waals surface area contributed by atoms with Gasteiger partial charge in [0, 0.05) is 18.3 Å². The summed E-state index contributed by atoms with van der Waals surface area (Å²) in [7, 11) is 1.69. The summed E-state index contributed by atoms with van der Waals surface area (Å²) >= 11 is 0. The number of hydrogen-bond donors (Lipinski definition) is 0. The summed E-state index contributed by atoms with van der Waals surface area (Å²) in [5, 5.41) is 0. The van der Waals surface area contributed by atoms with Crippen LogP contribution in [0.3, 0.4) is 0 Å². The molecule has 3 nitrogen and oxygen atoms in total. The number of hydrogen-bond acceptors (Lipinski definition) is 2. The highest BCUT2D eigenvalue weighted by molar-refractivity contribution is 6.05. The zero-order chi connectivity index (χ0) is 18.6. The molecule has 0 fully saturated rings. The summed E-state index contributed by atoms with van der Waals surface area (Å²) in [5.74, 6) is -0.187. The highest BCUT2D eigenvalue weighted by atomic mass is 19.4. The van der Waals surface area contributed by atoms with Crippen molar-refractivity contribution in [1.29, 1.82) is 0 Å². The first-order valence-corrected chi connectivity index (χ1v) is 7.75. The lowest BCUT2D eigenvalue weighted by atomic mass is 10.1. The van der Waals surface area contributed by atoms with Gasteiger partial charge in [0.2, 0.25) is 0 Å². The van der Waals surface area contributed by atoms with E-state index in [1.807, 2.05) is 32.0 Å². The molecule has 0 bridgehead atoms. The van der Waals surface area contributed by atoms with Gasteiger partial charge in [-0.15, -0.1) is 0 Å². The number of carbonyl (C=O) groups is 1. The van der Waals surface area contributed by atoms with Crippen molar-refractivity contribution in [1.82, 2.24) is 0 Å². The number of amides is 1. The Bertz CT molecular complexity index is 719. The number of aryl methyl sites for hydroxylation is 2. The molecule has 6 heteroatoms. The van der Waals surface area contributed by atoms with Gasteiger partial charge in [-0.05, 0) is 54.8 Å². The van der Waals surface area contributed by atoms with Gasteiger partial charge in [-0.1, -0.05) is 18.2 Å². The smallest absolute Gasteiger partial charge is 0.367 e. The van der Waals surface area contributed by atoms with Crippen LogP contribution < -0.4 is 4.90 Å². The highest BCUT2D eigenvalue weighted by Crippen LogP contribution is 2.20. The van der Waals surface area contributed by atoms with E-state index in [1.165, 1.54) is 0 Å². The maximum Gasteiger partial charge on any atom is 0.411 e. The second kappa shape index (κ2) is 7.70. The molecular formula is C19H20F3NO2. The molecule has 0 atom stereocenters. The number of ether oxygens (including phenoxy) is 1. The number of benzene rings is 2. The predicted octanol–water partition coefficient (Wildman–Crippen LogP) is 4.66. The number of carbonyl (C=O) groups excluding carboxylic acids is 1. The van der Waals surface area contributed by atoms with Gasteiger partial charge < -0.3 is 9.64 Å². The lowest BCUT2D eigenvalue weighted by molar-refractivity contribution is -0.176. The van der Waals surface area contributed by atoms with E-state index in [2.05, 4.69) is 4.74 Å². The zero-order valence-corrected chi connectivity index (χ0v) is 14.4. The Morgan fingerprint density at radius 2 is 1.60 bits per heavy atom. The van der Waals surface area contributed by atoms with Gasteiger partial charge in [-0.3, -0.25) is 4.79 Å². The van der Waals surface area contributed by atoms with E-state index in [4.69, 9.17) is 0 Å². The van der Waals surface area contributed by atoms with Gasteiger partial charge in [0.1, 0.15) is 6.61 Å². The van der Waals surface area contributed by atoms with Gasteiger partial charge in [-0.2, -0.15) is 13.2 Å². The maximum absolute atomic E-state index is 12.6. The summed E-state index contributed by atoms with van der Waals surface area (Å²) in [5.41, 5.74) is 3.95. The van der Waals surface area contributed by atoms with E-state index in [1.54, 1.807) is 36.2 Å². The van der Waals surface area contributed by atoms with Crippen molar-refractivity contribution in [2.75, 3.05) is 18.6 Å². The quantitative estimate of drug-likeness (QED) is 0.784. The molecule has 134 valence electrons. The molecule has 0 aliphatic rings. The lowest BCUT2D eigenvalue weighted by Gasteiger charge is -2.19. The first kappa shape index (κ1) is 19.0. The number of alkyl halides is 3. The second-order valence-electron chi connectivity index (χ2n) is 6.01. The molecule has 0 unspecified atom stereocenters. The van der Waals surface area contributed by atoms with Crippen LogP contribution in [0.15, 0.2) is 42.5 Å². The molecule has 0 heterocycles. The predicted molar refractivity (Wildman–Crippen MR) is 90.8 cm³/mol. The standard InChI is InChI=1S/C19H20F3NO2/c1-13-8-14(2)10-17(9-13)23(3)18(24)16-6-4-15(5-7-16)11-25-12-19(20,21)22/h4-10H,11-12H2,1-3H3. The first-order valence-electron chi connectivity index (χ1n) is 7.75. The fourth-order valence-corrected chi connectivity index (χ4v) is 2.48. The van der Waals surface area contributed by atoms with Crippen LogP contribution in [-0.4, -0.2) is 25.7 Å². The molecule has 0 aliphatic carbocycles. The second-order valence-corrected chi connectivity index (χ2v) is 6.01. The van der Waals surface area contributed by atoms with Crippen molar-refractivity contribution in [2.45, 2.75) is 26.6 Å². The van der Waals surface area contributed by atoms with Gasteiger partial charge in [0.05, 0.1) is 6.61 Å². The van der Waals surface area contributed by atoms with E-state index in [9.17, 15) is 18.0 Å². The maximum atomic E-state index is 12.6. The minimum absolute atomic E-state index is 0.152. The summed E-state index contributed by atoms with van der Waals surface area (Å²) < 4.78 is 40.8. The Balaban J connectivity index is 2.04. The SMILES string of the molecule is Cc1cc(C)cc(N(C)C(=O)c2ccc(COCC(F)(F)F)cc2)c1. The Morgan fingerprint density at radius 3 is 2.12 bits per heavy atom. The Labute approximate surface area is 145 Å². The van der Waals surface area contributed by atoms with Crippen molar-refractivity contribution >= 4 is 11.6 Å². The molecule has 2 aromatic carbocycles. The third kappa shape index (κ3) is 5.60. The fourth-order valence-electron chi connectivity index (χ4n) is 2.48. The normalized spacial score (nSPS) is 11.4. The van der Waals surface area contributed by atoms with Crippen LogP contribution in [0, 0.1) is 13.8 Å². The lowest BCUT2D eigenvalue weighted by Crippen LogP contribution is -2.26. The topological polar surface area (TPSA) is 29.5 Å². The molecule has 0 radical (unpaired) electrons. The molecule has 2 rings (SSSR count). The average molecular weight is 351 g/mol. The summed E-state index contributed by atoms with van der Waals surface area (Å²) in [6.45, 7) is 2.49. The molecule has 0 saturated carbocycles. The van der Waals surface area contributed by atoms with Crippen LogP contribution in [0.4, 0.5) is 18.9 Å². The molecule has 0 N–H and O–H groups in total. The number of rotatable bonds is 5. The third-order valence-electron chi connectivity index (χ3n) is 3.63. The third-order valence-corrected chi connectivity index (χ3v) is 3.63.